The maximum absolute atomic E-state index is 12.6. The molecule has 0 unspecified atom stereocenters. The Kier molecular flexibility index (Phi) is 5.56. The van der Waals surface area contributed by atoms with E-state index in [9.17, 15) is 4.79 Å². The van der Waals surface area contributed by atoms with Crippen molar-refractivity contribution in [2.24, 2.45) is 7.05 Å². The van der Waals surface area contributed by atoms with Crippen LogP contribution in [-0.4, -0.2) is 43.9 Å². The van der Waals surface area contributed by atoms with Crippen molar-refractivity contribution in [2.45, 2.75) is 43.8 Å². The molecule has 3 rings (SSSR count). The molecule has 128 valence electrons. The fourth-order valence-electron chi connectivity index (χ4n) is 3.24. The van der Waals surface area contributed by atoms with E-state index in [1.165, 1.54) is 18.2 Å². The number of amides is 1. The Hall–Kier alpha value is -1.82. The third kappa shape index (κ3) is 3.64. The van der Waals surface area contributed by atoms with Gasteiger partial charge in [0.1, 0.15) is 0 Å². The molecule has 5 nitrogen and oxygen atoms in total. The molecular weight excluding hydrogens is 320 g/mol. The van der Waals surface area contributed by atoms with Crippen LogP contribution in [0.2, 0.25) is 0 Å². The summed E-state index contributed by atoms with van der Waals surface area (Å²) < 4.78 is 1.96. The zero-order chi connectivity index (χ0) is 16.9. The molecule has 1 amide bonds. The van der Waals surface area contributed by atoms with E-state index >= 15 is 0 Å². The summed E-state index contributed by atoms with van der Waals surface area (Å²) in [7, 11) is 1.95. The van der Waals surface area contributed by atoms with Gasteiger partial charge >= 0.3 is 0 Å². The van der Waals surface area contributed by atoms with Crippen molar-refractivity contribution in [1.82, 2.24) is 19.7 Å². The van der Waals surface area contributed by atoms with E-state index in [1.54, 1.807) is 0 Å². The summed E-state index contributed by atoms with van der Waals surface area (Å²) in [6.07, 6.45) is 4.53. The lowest BCUT2D eigenvalue weighted by Crippen LogP contribution is -2.44. The molecule has 1 saturated heterocycles. The zero-order valence-corrected chi connectivity index (χ0v) is 15.1. The first-order valence-corrected chi connectivity index (χ1v) is 9.56. The molecule has 0 aliphatic carbocycles. The zero-order valence-electron chi connectivity index (χ0n) is 14.3. The van der Waals surface area contributed by atoms with Gasteiger partial charge in [0.2, 0.25) is 5.91 Å². The van der Waals surface area contributed by atoms with Gasteiger partial charge < -0.3 is 9.47 Å². The third-order valence-corrected chi connectivity index (χ3v) is 5.62. The first kappa shape index (κ1) is 17.0. The smallest absolute Gasteiger partial charge is 0.233 e. The summed E-state index contributed by atoms with van der Waals surface area (Å²) in [5, 5.41) is 9.31. The van der Waals surface area contributed by atoms with Gasteiger partial charge in [-0.3, -0.25) is 4.79 Å². The minimum Gasteiger partial charge on any atom is -0.339 e. The van der Waals surface area contributed by atoms with E-state index in [4.69, 9.17) is 0 Å². The number of carbonyl (C=O) groups is 1. The Balaban J connectivity index is 1.65. The van der Waals surface area contributed by atoms with Crippen LogP contribution in [-0.2, 0) is 11.8 Å². The summed E-state index contributed by atoms with van der Waals surface area (Å²) in [5.74, 6) is 1.47. The normalized spacial score (nSPS) is 17.9. The molecule has 1 aliphatic heterocycles. The van der Waals surface area contributed by atoms with Gasteiger partial charge in [-0.1, -0.05) is 49.0 Å². The van der Waals surface area contributed by atoms with Crippen LogP contribution in [0.3, 0.4) is 0 Å². The summed E-state index contributed by atoms with van der Waals surface area (Å²) in [4.78, 5) is 14.6. The summed E-state index contributed by atoms with van der Waals surface area (Å²) in [6, 6.07) is 10.4. The van der Waals surface area contributed by atoms with E-state index in [1.807, 2.05) is 41.9 Å². The average Bonchev–Trinajstić information content (AvgIpc) is 3.01. The average molecular weight is 344 g/mol. The second kappa shape index (κ2) is 7.83. The first-order valence-electron chi connectivity index (χ1n) is 8.57. The van der Waals surface area contributed by atoms with Crippen molar-refractivity contribution < 1.29 is 4.79 Å². The Morgan fingerprint density at radius 3 is 2.79 bits per heavy atom. The predicted octanol–water partition coefficient (Wildman–Crippen LogP) is 3.37. The lowest BCUT2D eigenvalue weighted by Gasteiger charge is -2.35. The van der Waals surface area contributed by atoms with Crippen molar-refractivity contribution in [2.75, 3.05) is 12.3 Å². The molecule has 1 aliphatic rings. The second-order valence-electron chi connectivity index (χ2n) is 6.16. The number of hydrogen-bond donors (Lipinski definition) is 0. The van der Waals surface area contributed by atoms with Gasteiger partial charge in [-0.05, 0) is 25.7 Å². The summed E-state index contributed by atoms with van der Waals surface area (Å²) in [6.45, 7) is 3.06. The van der Waals surface area contributed by atoms with E-state index in [-0.39, 0.29) is 5.91 Å². The van der Waals surface area contributed by atoms with Crippen LogP contribution in [0.25, 0.3) is 11.4 Å². The Morgan fingerprint density at radius 2 is 2.04 bits per heavy atom. The third-order valence-electron chi connectivity index (χ3n) is 4.61. The summed E-state index contributed by atoms with van der Waals surface area (Å²) in [5.41, 5.74) is 1.03. The largest absolute Gasteiger partial charge is 0.339 e. The molecule has 0 N–H and O–H groups in total. The number of benzene rings is 1. The molecule has 2 heterocycles. The van der Waals surface area contributed by atoms with E-state index in [2.05, 4.69) is 22.0 Å². The van der Waals surface area contributed by atoms with Gasteiger partial charge in [-0.25, -0.2) is 0 Å². The number of nitrogens with zero attached hydrogens (tertiary/aromatic N) is 4. The van der Waals surface area contributed by atoms with Crippen molar-refractivity contribution in [3.05, 3.63) is 30.3 Å². The highest BCUT2D eigenvalue weighted by molar-refractivity contribution is 7.99. The van der Waals surface area contributed by atoms with Gasteiger partial charge in [-0.2, -0.15) is 0 Å². The van der Waals surface area contributed by atoms with Crippen LogP contribution in [0, 0.1) is 0 Å². The maximum atomic E-state index is 12.6. The highest BCUT2D eigenvalue weighted by Crippen LogP contribution is 2.24. The van der Waals surface area contributed by atoms with Crippen LogP contribution in [0.4, 0.5) is 0 Å². The fourth-order valence-corrected chi connectivity index (χ4v) is 4.04. The molecule has 1 aromatic heterocycles. The lowest BCUT2D eigenvalue weighted by atomic mass is 10.0. The Bertz CT molecular complexity index is 686. The Morgan fingerprint density at radius 1 is 1.25 bits per heavy atom. The molecule has 1 aromatic carbocycles. The molecule has 6 heteroatoms. The monoisotopic (exact) mass is 344 g/mol. The van der Waals surface area contributed by atoms with Crippen LogP contribution >= 0.6 is 11.8 Å². The molecule has 0 radical (unpaired) electrons. The second-order valence-corrected chi connectivity index (χ2v) is 7.11. The van der Waals surface area contributed by atoms with Gasteiger partial charge in [-0.15, -0.1) is 10.2 Å². The summed E-state index contributed by atoms with van der Waals surface area (Å²) >= 11 is 1.47. The number of piperidine rings is 1. The SMILES string of the molecule is CC[C@H]1CCCCN1C(=O)CSc1nnc(-c2ccccc2)n1C. The van der Waals surface area contributed by atoms with E-state index in [0.717, 1.165) is 42.4 Å². The topological polar surface area (TPSA) is 51.0 Å². The van der Waals surface area contributed by atoms with Gasteiger partial charge in [0, 0.05) is 25.2 Å². The predicted molar refractivity (Wildman–Crippen MR) is 96.8 cm³/mol. The lowest BCUT2D eigenvalue weighted by molar-refractivity contribution is -0.132. The number of likely N-dealkylation sites (tertiary alicyclic amines) is 1. The van der Waals surface area contributed by atoms with Crippen molar-refractivity contribution in [3.63, 3.8) is 0 Å². The molecule has 0 spiro atoms. The highest BCUT2D eigenvalue weighted by Gasteiger charge is 2.25. The van der Waals surface area contributed by atoms with Crippen LogP contribution in [0.15, 0.2) is 35.5 Å². The fraction of sp³-hybridized carbons (Fsp3) is 0.500. The molecule has 0 bridgehead atoms. The van der Waals surface area contributed by atoms with E-state index in [0.29, 0.717) is 11.8 Å². The van der Waals surface area contributed by atoms with Gasteiger partial charge in [0.15, 0.2) is 11.0 Å². The van der Waals surface area contributed by atoms with Crippen LogP contribution in [0.5, 0.6) is 0 Å². The van der Waals surface area contributed by atoms with Gasteiger partial charge in [0.25, 0.3) is 0 Å². The molecule has 2 aromatic rings. The Labute approximate surface area is 147 Å². The number of hydrogen-bond acceptors (Lipinski definition) is 4. The standard InChI is InChI=1S/C18H24N4OS/c1-3-15-11-7-8-12-22(15)16(23)13-24-18-20-19-17(21(18)2)14-9-5-4-6-10-14/h4-6,9-10,15H,3,7-8,11-13H2,1-2H3/t15-/m0/s1. The van der Waals surface area contributed by atoms with Crippen LogP contribution in [0.1, 0.15) is 32.6 Å². The molecule has 24 heavy (non-hydrogen) atoms. The number of rotatable bonds is 5. The maximum Gasteiger partial charge on any atom is 0.233 e. The van der Waals surface area contributed by atoms with Gasteiger partial charge in [0.05, 0.1) is 5.75 Å². The minimum absolute atomic E-state index is 0.218. The van der Waals surface area contributed by atoms with Crippen molar-refractivity contribution in [3.8, 4) is 11.4 Å². The van der Waals surface area contributed by atoms with Crippen LogP contribution < -0.4 is 0 Å². The minimum atomic E-state index is 0.218. The van der Waals surface area contributed by atoms with Crippen molar-refractivity contribution >= 4 is 17.7 Å². The molecule has 1 fully saturated rings. The molecule has 1 atom stereocenters. The number of carbonyl (C=O) groups excluding carboxylic acids is 1. The molecule has 0 saturated carbocycles. The number of aromatic nitrogens is 3. The van der Waals surface area contributed by atoms with E-state index < -0.39 is 0 Å². The highest BCUT2D eigenvalue weighted by atomic mass is 32.2. The quantitative estimate of drug-likeness (QED) is 0.781. The first-order chi connectivity index (χ1) is 11.7. The molecular formula is C18H24N4OS. The van der Waals surface area contributed by atoms with Crippen molar-refractivity contribution in [1.29, 1.82) is 0 Å². The number of thioether (sulfide) groups is 1.